The van der Waals surface area contributed by atoms with Crippen LogP contribution in [0.2, 0.25) is 0 Å². The molecule has 146 valence electrons. The average molecular weight is 403 g/mol. The predicted octanol–water partition coefficient (Wildman–Crippen LogP) is 1.10. The Balaban J connectivity index is 1.88. The number of carbonyl (C=O) groups excluding carboxylic acids is 1. The summed E-state index contributed by atoms with van der Waals surface area (Å²) in [5.41, 5.74) is -0.0847. The Labute approximate surface area is 160 Å². The topological polar surface area (TPSA) is 120 Å². The molecule has 2 aromatic rings. The van der Waals surface area contributed by atoms with Crippen LogP contribution in [0.4, 0.5) is 5.69 Å². The molecule has 0 spiro atoms. The molecular formula is C18H17N3O6S. The molecule has 9 nitrogen and oxygen atoms in total. The molecular weight excluding hydrogens is 386 g/mol. The van der Waals surface area contributed by atoms with Crippen LogP contribution in [0.3, 0.4) is 0 Å². The van der Waals surface area contributed by atoms with Crippen molar-refractivity contribution in [1.82, 2.24) is 9.47 Å². The van der Waals surface area contributed by atoms with Gasteiger partial charge in [-0.05, 0) is 11.6 Å². The summed E-state index contributed by atoms with van der Waals surface area (Å²) in [4.78, 5) is 36.5. The van der Waals surface area contributed by atoms with Gasteiger partial charge in [0.15, 0.2) is 9.84 Å². The molecule has 1 aromatic heterocycles. The first-order valence-corrected chi connectivity index (χ1v) is 10.1. The Kier molecular flexibility index (Phi) is 5.41. The van der Waals surface area contributed by atoms with Gasteiger partial charge in [0.1, 0.15) is 6.54 Å². The van der Waals surface area contributed by atoms with Crippen LogP contribution in [0, 0.1) is 10.1 Å². The summed E-state index contributed by atoms with van der Waals surface area (Å²) >= 11 is 0. The van der Waals surface area contributed by atoms with Crippen molar-refractivity contribution in [1.29, 1.82) is 0 Å². The average Bonchev–Trinajstić information content (AvgIpc) is 3.01. The summed E-state index contributed by atoms with van der Waals surface area (Å²) < 4.78 is 24.5. The first-order valence-electron chi connectivity index (χ1n) is 8.34. The van der Waals surface area contributed by atoms with Gasteiger partial charge in [0.2, 0.25) is 5.91 Å². The summed E-state index contributed by atoms with van der Waals surface area (Å²) in [5.74, 6) is -0.756. The van der Waals surface area contributed by atoms with E-state index in [4.69, 9.17) is 0 Å². The van der Waals surface area contributed by atoms with Gasteiger partial charge < -0.3 is 4.90 Å². The zero-order valence-corrected chi connectivity index (χ0v) is 15.5. The molecule has 0 bridgehead atoms. The van der Waals surface area contributed by atoms with Gasteiger partial charge >= 0.3 is 0 Å². The predicted molar refractivity (Wildman–Crippen MR) is 101 cm³/mol. The third-order valence-corrected chi connectivity index (χ3v) is 5.69. The zero-order valence-electron chi connectivity index (χ0n) is 14.7. The van der Waals surface area contributed by atoms with E-state index in [1.54, 1.807) is 24.3 Å². The van der Waals surface area contributed by atoms with Crippen LogP contribution >= 0.6 is 0 Å². The fourth-order valence-electron chi connectivity index (χ4n) is 2.91. The number of sulfone groups is 1. The van der Waals surface area contributed by atoms with Crippen LogP contribution in [-0.2, 0) is 27.7 Å². The fraction of sp³-hybridized carbons (Fsp3) is 0.222. The highest BCUT2D eigenvalue weighted by Crippen LogP contribution is 2.18. The number of benzene rings is 1. The van der Waals surface area contributed by atoms with Gasteiger partial charge in [-0.25, -0.2) is 8.42 Å². The summed E-state index contributed by atoms with van der Waals surface area (Å²) in [6.07, 6.45) is 2.44. The van der Waals surface area contributed by atoms with Gasteiger partial charge in [-0.1, -0.05) is 30.3 Å². The first kappa shape index (κ1) is 19.5. The van der Waals surface area contributed by atoms with E-state index in [0.29, 0.717) is 0 Å². The third kappa shape index (κ3) is 4.52. The summed E-state index contributed by atoms with van der Waals surface area (Å²) in [5, 5.41) is 12.0. The van der Waals surface area contributed by atoms with Gasteiger partial charge in [0, 0.05) is 24.1 Å². The molecule has 0 unspecified atom stereocenters. The second-order valence-corrected chi connectivity index (χ2v) is 8.27. The molecule has 0 saturated carbocycles. The van der Waals surface area contributed by atoms with E-state index >= 15 is 0 Å². The highest BCUT2D eigenvalue weighted by molar-refractivity contribution is 7.94. The number of nitrogens with zero attached hydrogens (tertiary/aromatic N) is 3. The van der Waals surface area contributed by atoms with Gasteiger partial charge in [0.25, 0.3) is 11.2 Å². The maximum Gasteiger partial charge on any atom is 0.285 e. The molecule has 0 N–H and O–H groups in total. The lowest BCUT2D eigenvalue weighted by atomic mass is 10.1. The minimum atomic E-state index is -3.40. The quantitative estimate of drug-likeness (QED) is 0.526. The van der Waals surface area contributed by atoms with Crippen LogP contribution in [0.1, 0.15) is 5.56 Å². The van der Waals surface area contributed by atoms with Gasteiger partial charge in [-0.3, -0.25) is 24.3 Å². The van der Waals surface area contributed by atoms with Crippen molar-refractivity contribution >= 4 is 21.4 Å². The van der Waals surface area contributed by atoms with E-state index in [0.717, 1.165) is 33.9 Å². The lowest BCUT2D eigenvalue weighted by molar-refractivity contribution is -0.385. The molecule has 1 atom stereocenters. The highest BCUT2D eigenvalue weighted by Gasteiger charge is 2.30. The molecule has 1 aromatic carbocycles. The summed E-state index contributed by atoms with van der Waals surface area (Å²) in [6, 6.07) is 10.4. The lowest BCUT2D eigenvalue weighted by Crippen LogP contribution is -2.43. The second-order valence-electron chi connectivity index (χ2n) is 6.34. The SMILES string of the molecule is O=C(Cn1cc([N+](=O)[O-])ccc1=O)N(Cc1ccccc1)[C@@H]1C=CS(=O)(=O)C1. The molecule has 3 rings (SSSR count). The molecule has 0 radical (unpaired) electrons. The Hall–Kier alpha value is -3.27. The standard InChI is InChI=1S/C18H17N3O6S/c22-17-7-6-15(21(24)25)11-19(17)12-18(23)20(10-14-4-2-1-3-5-14)16-8-9-28(26,27)13-16/h1-9,11,16H,10,12-13H2/t16-/m1/s1. The van der Waals surface area contributed by atoms with E-state index in [9.17, 15) is 28.1 Å². The molecule has 2 heterocycles. The van der Waals surface area contributed by atoms with Crippen LogP contribution in [0.25, 0.3) is 0 Å². The number of hydrogen-bond donors (Lipinski definition) is 0. The van der Waals surface area contributed by atoms with E-state index in [1.807, 2.05) is 6.07 Å². The van der Waals surface area contributed by atoms with Crippen LogP contribution < -0.4 is 5.56 Å². The van der Waals surface area contributed by atoms with Gasteiger partial charge in [-0.2, -0.15) is 0 Å². The first-order chi connectivity index (χ1) is 13.2. The Morgan fingerprint density at radius 1 is 1.21 bits per heavy atom. The molecule has 1 aliphatic rings. The fourth-order valence-corrected chi connectivity index (χ4v) is 4.21. The number of rotatable bonds is 6. The summed E-state index contributed by atoms with van der Waals surface area (Å²) in [7, 11) is -3.40. The maximum atomic E-state index is 12.9. The number of amides is 1. The van der Waals surface area contributed by atoms with E-state index in [1.165, 1.54) is 11.0 Å². The largest absolute Gasteiger partial charge is 0.329 e. The van der Waals surface area contributed by atoms with E-state index in [2.05, 4.69) is 0 Å². The number of nitro groups is 1. The van der Waals surface area contributed by atoms with Crippen molar-refractivity contribution in [3.8, 4) is 0 Å². The van der Waals surface area contributed by atoms with Crippen molar-refractivity contribution in [3.05, 3.63) is 86.2 Å². The molecule has 28 heavy (non-hydrogen) atoms. The van der Waals surface area contributed by atoms with Gasteiger partial charge in [0.05, 0.1) is 22.9 Å². The maximum absolute atomic E-state index is 12.9. The van der Waals surface area contributed by atoms with Crippen LogP contribution in [-0.4, -0.2) is 40.5 Å². The normalized spacial score (nSPS) is 17.4. The minimum absolute atomic E-state index is 0.147. The Morgan fingerprint density at radius 2 is 1.93 bits per heavy atom. The van der Waals surface area contributed by atoms with Gasteiger partial charge in [-0.15, -0.1) is 0 Å². The van der Waals surface area contributed by atoms with Crippen LogP contribution in [0.15, 0.2) is 64.9 Å². The molecule has 0 saturated heterocycles. The number of hydrogen-bond acceptors (Lipinski definition) is 6. The molecule has 0 fully saturated rings. The van der Waals surface area contributed by atoms with Crippen molar-refractivity contribution in [2.45, 2.75) is 19.1 Å². The molecule has 0 aliphatic carbocycles. The molecule has 10 heteroatoms. The van der Waals surface area contributed by atoms with Crippen molar-refractivity contribution in [2.75, 3.05) is 5.75 Å². The second kappa shape index (κ2) is 7.77. The van der Waals surface area contributed by atoms with E-state index < -0.39 is 38.8 Å². The molecule has 1 amide bonds. The number of pyridine rings is 1. The Morgan fingerprint density at radius 3 is 2.54 bits per heavy atom. The smallest absolute Gasteiger partial charge is 0.285 e. The monoisotopic (exact) mass is 403 g/mol. The molecule has 1 aliphatic heterocycles. The van der Waals surface area contributed by atoms with Crippen LogP contribution in [0.5, 0.6) is 0 Å². The Bertz CT molecular complexity index is 1090. The number of carbonyl (C=O) groups is 1. The summed E-state index contributed by atoms with van der Waals surface area (Å²) in [6.45, 7) is -0.286. The third-order valence-electron chi connectivity index (χ3n) is 4.31. The van der Waals surface area contributed by atoms with Crippen molar-refractivity contribution in [3.63, 3.8) is 0 Å². The lowest BCUT2D eigenvalue weighted by Gasteiger charge is -2.28. The number of aromatic nitrogens is 1. The van der Waals surface area contributed by atoms with E-state index in [-0.39, 0.29) is 18.0 Å². The zero-order chi connectivity index (χ0) is 20.3. The minimum Gasteiger partial charge on any atom is -0.329 e. The van der Waals surface area contributed by atoms with Crippen molar-refractivity contribution < 1.29 is 18.1 Å². The highest BCUT2D eigenvalue weighted by atomic mass is 32.2. The van der Waals surface area contributed by atoms with Crippen molar-refractivity contribution in [2.24, 2.45) is 0 Å².